The quantitative estimate of drug-likeness (QED) is 0.674. The fourth-order valence-corrected chi connectivity index (χ4v) is 1.35. The van der Waals surface area contributed by atoms with Gasteiger partial charge in [-0.3, -0.25) is 0 Å². The molecule has 1 rings (SSSR count). The van der Waals surface area contributed by atoms with Gasteiger partial charge < -0.3 is 5.73 Å². The van der Waals surface area contributed by atoms with E-state index in [4.69, 9.17) is 5.73 Å². The smallest absolute Gasteiger partial charge is 0.0318 e. The summed E-state index contributed by atoms with van der Waals surface area (Å²) in [4.78, 5) is 0.976. The van der Waals surface area contributed by atoms with Crippen LogP contribution in [0.25, 0.3) is 0 Å². The van der Waals surface area contributed by atoms with Gasteiger partial charge in [-0.15, -0.1) is 12.6 Å². The van der Waals surface area contributed by atoms with E-state index in [-0.39, 0.29) is 6.04 Å². The third-order valence-corrected chi connectivity index (χ3v) is 2.25. The van der Waals surface area contributed by atoms with Crippen LogP contribution in [0.2, 0.25) is 0 Å². The number of nitrogens with two attached hydrogens (primary N) is 1. The highest BCUT2D eigenvalue weighted by atomic mass is 32.1. The van der Waals surface area contributed by atoms with E-state index in [1.165, 1.54) is 0 Å². The molecule has 12 heavy (non-hydrogen) atoms. The van der Waals surface area contributed by atoms with Crippen molar-refractivity contribution in [3.63, 3.8) is 0 Å². The highest BCUT2D eigenvalue weighted by Crippen LogP contribution is 2.20. The van der Waals surface area contributed by atoms with Crippen molar-refractivity contribution in [1.82, 2.24) is 0 Å². The SMILES string of the molecule is CC(C)[C@@H](N)c1cccc(S)c1. The number of rotatable bonds is 2. The van der Waals surface area contributed by atoms with E-state index in [1.807, 2.05) is 24.3 Å². The normalized spacial score (nSPS) is 13.4. The van der Waals surface area contributed by atoms with Crippen LogP contribution in [-0.4, -0.2) is 0 Å². The molecule has 1 aromatic carbocycles. The minimum atomic E-state index is 0.122. The van der Waals surface area contributed by atoms with Crippen molar-refractivity contribution in [2.45, 2.75) is 24.8 Å². The summed E-state index contributed by atoms with van der Waals surface area (Å²) in [5.74, 6) is 0.472. The lowest BCUT2D eigenvalue weighted by atomic mass is 9.97. The van der Waals surface area contributed by atoms with Crippen LogP contribution < -0.4 is 5.73 Å². The van der Waals surface area contributed by atoms with E-state index in [1.54, 1.807) is 0 Å². The van der Waals surface area contributed by atoms with Gasteiger partial charge in [0.15, 0.2) is 0 Å². The van der Waals surface area contributed by atoms with Gasteiger partial charge in [0.25, 0.3) is 0 Å². The Balaban J connectivity index is 2.88. The Bertz CT molecular complexity index is 258. The highest BCUT2D eigenvalue weighted by Gasteiger charge is 2.09. The van der Waals surface area contributed by atoms with Crippen molar-refractivity contribution in [2.24, 2.45) is 11.7 Å². The summed E-state index contributed by atoms with van der Waals surface area (Å²) in [6, 6.07) is 8.13. The standard InChI is InChI=1S/C10H15NS/c1-7(2)10(11)8-4-3-5-9(12)6-8/h3-7,10,12H,11H2,1-2H3/t10-/m1/s1. The van der Waals surface area contributed by atoms with Crippen LogP contribution in [0, 0.1) is 5.92 Å². The van der Waals surface area contributed by atoms with Crippen LogP contribution in [0.1, 0.15) is 25.5 Å². The molecule has 2 N–H and O–H groups in total. The van der Waals surface area contributed by atoms with E-state index in [0.29, 0.717) is 5.92 Å². The first-order valence-electron chi connectivity index (χ1n) is 4.16. The molecule has 0 aromatic heterocycles. The van der Waals surface area contributed by atoms with Gasteiger partial charge >= 0.3 is 0 Å². The minimum absolute atomic E-state index is 0.122. The molecule has 0 heterocycles. The first-order valence-corrected chi connectivity index (χ1v) is 4.60. The highest BCUT2D eigenvalue weighted by molar-refractivity contribution is 7.80. The second-order valence-electron chi connectivity index (χ2n) is 3.36. The van der Waals surface area contributed by atoms with Gasteiger partial charge in [-0.25, -0.2) is 0 Å². The Morgan fingerprint density at radius 1 is 1.33 bits per heavy atom. The average molecular weight is 181 g/mol. The molecule has 0 aliphatic rings. The van der Waals surface area contributed by atoms with E-state index in [9.17, 15) is 0 Å². The molecule has 66 valence electrons. The molecule has 0 unspecified atom stereocenters. The number of hydrogen-bond acceptors (Lipinski definition) is 2. The molecule has 0 saturated carbocycles. The zero-order valence-electron chi connectivity index (χ0n) is 7.49. The van der Waals surface area contributed by atoms with Gasteiger partial charge in [-0.2, -0.15) is 0 Å². The maximum Gasteiger partial charge on any atom is 0.0318 e. The molecule has 0 amide bonds. The van der Waals surface area contributed by atoms with E-state index >= 15 is 0 Å². The third kappa shape index (κ3) is 2.26. The molecule has 1 nitrogen and oxygen atoms in total. The summed E-state index contributed by atoms with van der Waals surface area (Å²) in [5, 5.41) is 0. The Labute approximate surface area is 79.4 Å². The van der Waals surface area contributed by atoms with Crippen molar-refractivity contribution in [1.29, 1.82) is 0 Å². The second kappa shape index (κ2) is 3.97. The van der Waals surface area contributed by atoms with Crippen LogP contribution in [0.5, 0.6) is 0 Å². The van der Waals surface area contributed by atoms with Crippen LogP contribution in [0.4, 0.5) is 0 Å². The Morgan fingerprint density at radius 3 is 2.50 bits per heavy atom. The molecule has 0 spiro atoms. The molecule has 1 aromatic rings. The molecular weight excluding hydrogens is 166 g/mol. The fourth-order valence-electron chi connectivity index (χ4n) is 1.12. The molecular formula is C10H15NS. The summed E-state index contributed by atoms with van der Waals surface area (Å²) < 4.78 is 0. The largest absolute Gasteiger partial charge is 0.324 e. The predicted octanol–water partition coefficient (Wildman–Crippen LogP) is 2.63. The van der Waals surface area contributed by atoms with Crippen molar-refractivity contribution in [3.05, 3.63) is 29.8 Å². The van der Waals surface area contributed by atoms with Crippen LogP contribution in [0.15, 0.2) is 29.2 Å². The lowest BCUT2D eigenvalue weighted by Crippen LogP contribution is -2.16. The van der Waals surface area contributed by atoms with Crippen molar-refractivity contribution >= 4 is 12.6 Å². The van der Waals surface area contributed by atoms with E-state index < -0.39 is 0 Å². The second-order valence-corrected chi connectivity index (χ2v) is 3.88. The van der Waals surface area contributed by atoms with Crippen molar-refractivity contribution < 1.29 is 0 Å². The number of hydrogen-bond donors (Lipinski definition) is 2. The Morgan fingerprint density at radius 2 is 2.00 bits per heavy atom. The molecule has 2 heteroatoms. The first-order chi connectivity index (χ1) is 5.61. The van der Waals surface area contributed by atoms with Crippen molar-refractivity contribution in [2.75, 3.05) is 0 Å². The summed E-state index contributed by atoms with van der Waals surface area (Å²) in [6.45, 7) is 4.24. The fraction of sp³-hybridized carbons (Fsp3) is 0.400. The Hall–Kier alpha value is -0.470. The lowest BCUT2D eigenvalue weighted by Gasteiger charge is -2.15. The summed E-state index contributed by atoms with van der Waals surface area (Å²) in [5.41, 5.74) is 7.14. The van der Waals surface area contributed by atoms with Crippen LogP contribution >= 0.6 is 12.6 Å². The summed E-state index contributed by atoms with van der Waals surface area (Å²) >= 11 is 4.26. The van der Waals surface area contributed by atoms with Crippen LogP contribution in [-0.2, 0) is 0 Å². The third-order valence-electron chi connectivity index (χ3n) is 1.97. The van der Waals surface area contributed by atoms with Gasteiger partial charge in [0, 0.05) is 10.9 Å². The first kappa shape index (κ1) is 9.62. The van der Waals surface area contributed by atoms with Crippen molar-refractivity contribution in [3.8, 4) is 0 Å². The zero-order chi connectivity index (χ0) is 9.14. The number of benzene rings is 1. The van der Waals surface area contributed by atoms with Gasteiger partial charge in [0.05, 0.1) is 0 Å². The van der Waals surface area contributed by atoms with Gasteiger partial charge in [0.2, 0.25) is 0 Å². The minimum Gasteiger partial charge on any atom is -0.324 e. The van der Waals surface area contributed by atoms with E-state index in [0.717, 1.165) is 10.5 Å². The summed E-state index contributed by atoms with van der Waals surface area (Å²) in [7, 11) is 0. The van der Waals surface area contributed by atoms with Crippen LogP contribution in [0.3, 0.4) is 0 Å². The average Bonchev–Trinajstić information content (AvgIpc) is 2.03. The molecule has 0 aliphatic heterocycles. The monoisotopic (exact) mass is 181 g/mol. The van der Waals surface area contributed by atoms with Gasteiger partial charge in [0.1, 0.15) is 0 Å². The molecule has 0 bridgehead atoms. The van der Waals surface area contributed by atoms with Gasteiger partial charge in [-0.05, 0) is 23.6 Å². The maximum atomic E-state index is 5.97. The topological polar surface area (TPSA) is 26.0 Å². The summed E-state index contributed by atoms with van der Waals surface area (Å²) in [6.07, 6.45) is 0. The lowest BCUT2D eigenvalue weighted by molar-refractivity contribution is 0.513. The molecule has 0 saturated heterocycles. The maximum absolute atomic E-state index is 5.97. The predicted molar refractivity (Wildman–Crippen MR) is 55.5 cm³/mol. The molecule has 0 radical (unpaired) electrons. The number of thiol groups is 1. The molecule has 0 fully saturated rings. The zero-order valence-corrected chi connectivity index (χ0v) is 8.38. The Kier molecular flexibility index (Phi) is 3.18. The molecule has 1 atom stereocenters. The molecule has 0 aliphatic carbocycles. The van der Waals surface area contributed by atoms with Gasteiger partial charge in [-0.1, -0.05) is 26.0 Å². The van der Waals surface area contributed by atoms with E-state index in [2.05, 4.69) is 26.5 Å².